The van der Waals surface area contributed by atoms with Crippen LogP contribution < -0.4 is 4.90 Å². The standard InChI is InChI=1S/C12H13ClN2/c1-2-8-3-4-11(14-12(8)13)15-6-9-5-10(9)7-15/h2-4,9-10H,1,5-7H2. The molecule has 3 heteroatoms. The Balaban J connectivity index is 1.86. The highest BCUT2D eigenvalue weighted by molar-refractivity contribution is 6.30. The minimum atomic E-state index is 0.558. The van der Waals surface area contributed by atoms with Crippen LogP contribution in [0.3, 0.4) is 0 Å². The Hall–Kier alpha value is -1.02. The number of pyridine rings is 1. The fourth-order valence-electron chi connectivity index (χ4n) is 2.35. The SMILES string of the molecule is C=Cc1ccc(N2CC3CC3C2)nc1Cl. The van der Waals surface area contributed by atoms with Crippen LogP contribution in [0.15, 0.2) is 18.7 Å². The summed E-state index contributed by atoms with van der Waals surface area (Å²) in [7, 11) is 0. The number of piperidine rings is 1. The number of anilines is 1. The molecular weight excluding hydrogens is 208 g/mol. The van der Waals surface area contributed by atoms with E-state index in [1.807, 2.05) is 12.1 Å². The number of fused-ring (bicyclic) bond motifs is 1. The van der Waals surface area contributed by atoms with Crippen molar-refractivity contribution in [3.8, 4) is 0 Å². The van der Waals surface area contributed by atoms with Crippen molar-refractivity contribution in [1.29, 1.82) is 0 Å². The molecule has 0 amide bonds. The summed E-state index contributed by atoms with van der Waals surface area (Å²) in [5, 5.41) is 0.558. The molecule has 2 aliphatic rings. The molecule has 1 aliphatic carbocycles. The third kappa shape index (κ3) is 1.53. The molecule has 1 saturated heterocycles. The molecule has 15 heavy (non-hydrogen) atoms. The van der Waals surface area contributed by atoms with E-state index < -0.39 is 0 Å². The number of halogens is 1. The van der Waals surface area contributed by atoms with E-state index in [4.69, 9.17) is 11.6 Å². The van der Waals surface area contributed by atoms with E-state index >= 15 is 0 Å². The van der Waals surface area contributed by atoms with E-state index in [0.717, 1.165) is 36.3 Å². The van der Waals surface area contributed by atoms with Gasteiger partial charge in [0.15, 0.2) is 0 Å². The van der Waals surface area contributed by atoms with Gasteiger partial charge in [0.2, 0.25) is 0 Å². The maximum atomic E-state index is 6.05. The van der Waals surface area contributed by atoms with Crippen molar-refractivity contribution in [2.24, 2.45) is 11.8 Å². The van der Waals surface area contributed by atoms with Crippen molar-refractivity contribution >= 4 is 23.5 Å². The summed E-state index contributed by atoms with van der Waals surface area (Å²) in [6.45, 7) is 6.01. The van der Waals surface area contributed by atoms with Crippen molar-refractivity contribution in [2.45, 2.75) is 6.42 Å². The summed E-state index contributed by atoms with van der Waals surface area (Å²) in [4.78, 5) is 6.73. The van der Waals surface area contributed by atoms with Gasteiger partial charge in [0.25, 0.3) is 0 Å². The van der Waals surface area contributed by atoms with E-state index in [1.54, 1.807) is 6.08 Å². The largest absolute Gasteiger partial charge is 0.356 e. The highest BCUT2D eigenvalue weighted by Gasteiger charge is 2.45. The second-order valence-electron chi connectivity index (χ2n) is 4.41. The Morgan fingerprint density at radius 2 is 2.13 bits per heavy atom. The summed E-state index contributed by atoms with van der Waals surface area (Å²) in [6, 6.07) is 4.02. The van der Waals surface area contributed by atoms with Gasteiger partial charge in [0.1, 0.15) is 11.0 Å². The lowest BCUT2D eigenvalue weighted by Gasteiger charge is -2.19. The predicted molar refractivity (Wildman–Crippen MR) is 63.1 cm³/mol. The van der Waals surface area contributed by atoms with Gasteiger partial charge in [-0.15, -0.1) is 0 Å². The Morgan fingerprint density at radius 1 is 1.40 bits per heavy atom. The topological polar surface area (TPSA) is 16.1 Å². The van der Waals surface area contributed by atoms with Crippen LogP contribution in [-0.2, 0) is 0 Å². The van der Waals surface area contributed by atoms with Crippen molar-refractivity contribution in [3.63, 3.8) is 0 Å². The molecule has 2 fully saturated rings. The molecule has 0 N–H and O–H groups in total. The van der Waals surface area contributed by atoms with Crippen LogP contribution in [0, 0.1) is 11.8 Å². The molecular formula is C12H13ClN2. The monoisotopic (exact) mass is 220 g/mol. The van der Waals surface area contributed by atoms with Crippen LogP contribution in [0.1, 0.15) is 12.0 Å². The Bertz CT molecular complexity index is 406. The van der Waals surface area contributed by atoms with Gasteiger partial charge >= 0.3 is 0 Å². The lowest BCUT2D eigenvalue weighted by Crippen LogP contribution is -2.22. The van der Waals surface area contributed by atoms with Crippen LogP contribution in [0.2, 0.25) is 5.15 Å². The Kier molecular flexibility index (Phi) is 1.99. The molecule has 1 aliphatic heterocycles. The second kappa shape index (κ2) is 3.24. The minimum Gasteiger partial charge on any atom is -0.356 e. The molecule has 0 radical (unpaired) electrons. The molecule has 0 bridgehead atoms. The number of hydrogen-bond acceptors (Lipinski definition) is 2. The van der Waals surface area contributed by atoms with Gasteiger partial charge in [-0.25, -0.2) is 4.98 Å². The second-order valence-corrected chi connectivity index (χ2v) is 4.77. The van der Waals surface area contributed by atoms with Crippen molar-refractivity contribution in [2.75, 3.05) is 18.0 Å². The van der Waals surface area contributed by atoms with Crippen molar-refractivity contribution in [1.82, 2.24) is 4.98 Å². The van der Waals surface area contributed by atoms with Gasteiger partial charge in [-0.1, -0.05) is 24.3 Å². The highest BCUT2D eigenvalue weighted by atomic mass is 35.5. The van der Waals surface area contributed by atoms with E-state index in [-0.39, 0.29) is 0 Å². The molecule has 2 unspecified atom stereocenters. The van der Waals surface area contributed by atoms with Crippen molar-refractivity contribution < 1.29 is 0 Å². The zero-order valence-corrected chi connectivity index (χ0v) is 9.24. The van der Waals surface area contributed by atoms with Crippen LogP contribution in [0.5, 0.6) is 0 Å². The first-order chi connectivity index (χ1) is 7.28. The first-order valence-corrected chi connectivity index (χ1v) is 5.69. The van der Waals surface area contributed by atoms with E-state index in [1.165, 1.54) is 6.42 Å². The average molecular weight is 221 g/mol. The smallest absolute Gasteiger partial charge is 0.138 e. The van der Waals surface area contributed by atoms with Gasteiger partial charge in [-0.3, -0.25) is 0 Å². The summed E-state index contributed by atoms with van der Waals surface area (Å²) < 4.78 is 0. The maximum absolute atomic E-state index is 6.05. The first-order valence-electron chi connectivity index (χ1n) is 5.32. The molecule has 1 aromatic rings. The molecule has 1 aromatic heterocycles. The summed E-state index contributed by atoms with van der Waals surface area (Å²) in [5.74, 6) is 2.85. The van der Waals surface area contributed by atoms with Crippen LogP contribution >= 0.6 is 11.6 Å². The molecule has 1 saturated carbocycles. The molecule has 2 heterocycles. The van der Waals surface area contributed by atoms with Gasteiger partial charge in [0.05, 0.1) is 0 Å². The average Bonchev–Trinajstić information content (AvgIpc) is 2.86. The van der Waals surface area contributed by atoms with Crippen molar-refractivity contribution in [3.05, 3.63) is 29.4 Å². The number of aromatic nitrogens is 1. The summed E-state index contributed by atoms with van der Waals surface area (Å²) in [6.07, 6.45) is 3.15. The van der Waals surface area contributed by atoms with Gasteiger partial charge in [-0.2, -0.15) is 0 Å². The molecule has 0 spiro atoms. The molecule has 2 nitrogen and oxygen atoms in total. The third-order valence-corrected chi connectivity index (χ3v) is 3.69. The number of hydrogen-bond donors (Lipinski definition) is 0. The van der Waals surface area contributed by atoms with E-state index in [9.17, 15) is 0 Å². The fourth-order valence-corrected chi connectivity index (χ4v) is 2.58. The Morgan fingerprint density at radius 3 is 2.73 bits per heavy atom. The van der Waals surface area contributed by atoms with Gasteiger partial charge in [0, 0.05) is 18.7 Å². The zero-order valence-electron chi connectivity index (χ0n) is 8.49. The first kappa shape index (κ1) is 9.22. The molecule has 2 atom stereocenters. The van der Waals surface area contributed by atoms with E-state index in [2.05, 4.69) is 16.5 Å². The van der Waals surface area contributed by atoms with E-state index in [0.29, 0.717) is 5.15 Å². The quantitative estimate of drug-likeness (QED) is 0.713. The third-order valence-electron chi connectivity index (χ3n) is 3.39. The van der Waals surface area contributed by atoms with Crippen LogP contribution in [0.25, 0.3) is 6.08 Å². The zero-order chi connectivity index (χ0) is 10.4. The van der Waals surface area contributed by atoms with Crippen LogP contribution in [-0.4, -0.2) is 18.1 Å². The minimum absolute atomic E-state index is 0.558. The summed E-state index contributed by atoms with van der Waals surface area (Å²) >= 11 is 6.05. The Labute approximate surface area is 94.6 Å². The predicted octanol–water partition coefficient (Wildman–Crippen LogP) is 2.83. The lowest BCUT2D eigenvalue weighted by atomic mass is 10.3. The highest BCUT2D eigenvalue weighted by Crippen LogP contribution is 2.46. The fraction of sp³-hybridized carbons (Fsp3) is 0.417. The molecule has 0 aromatic carbocycles. The van der Waals surface area contributed by atoms with Gasteiger partial charge in [-0.05, 0) is 30.4 Å². The lowest BCUT2D eigenvalue weighted by molar-refractivity contribution is 0.805. The number of nitrogens with zero attached hydrogens (tertiary/aromatic N) is 2. The van der Waals surface area contributed by atoms with Crippen LogP contribution in [0.4, 0.5) is 5.82 Å². The van der Waals surface area contributed by atoms with Gasteiger partial charge < -0.3 is 4.90 Å². The normalized spacial score (nSPS) is 27.7. The summed E-state index contributed by atoms with van der Waals surface area (Å²) in [5.41, 5.74) is 0.907. The number of rotatable bonds is 2. The molecule has 3 rings (SSSR count). The maximum Gasteiger partial charge on any atom is 0.138 e. The molecule has 78 valence electrons.